The quantitative estimate of drug-likeness (QED) is 0.895. The number of rotatable bonds is 2. The third-order valence-corrected chi connectivity index (χ3v) is 5.71. The number of halogens is 1. The second kappa shape index (κ2) is 5.85. The first-order valence-corrected chi connectivity index (χ1v) is 8.28. The third kappa shape index (κ3) is 2.86. The average molecular weight is 329 g/mol. The second-order valence-corrected chi connectivity index (χ2v) is 7.34. The normalized spacial score (nSPS) is 26.2. The monoisotopic (exact) mass is 328 g/mol. The highest BCUT2D eigenvalue weighted by atomic mass is 79.9. The van der Waals surface area contributed by atoms with E-state index in [-0.39, 0.29) is 6.04 Å². The molecular formula is C14H21BrN2S. The lowest BCUT2D eigenvalue weighted by molar-refractivity contribution is 0.627. The fourth-order valence-corrected chi connectivity index (χ4v) is 4.19. The van der Waals surface area contributed by atoms with Crippen molar-refractivity contribution in [2.45, 2.75) is 38.1 Å². The fraction of sp³-hybridized carbons (Fsp3) is 0.571. The molecule has 0 radical (unpaired) electrons. The Morgan fingerprint density at radius 1 is 1.44 bits per heavy atom. The van der Waals surface area contributed by atoms with Gasteiger partial charge in [-0.2, -0.15) is 11.8 Å². The van der Waals surface area contributed by atoms with Crippen LogP contribution in [0.15, 0.2) is 22.7 Å². The first kappa shape index (κ1) is 14.2. The van der Waals surface area contributed by atoms with Crippen LogP contribution in [0.3, 0.4) is 0 Å². The summed E-state index contributed by atoms with van der Waals surface area (Å²) in [5.74, 6) is 1.21. The summed E-state index contributed by atoms with van der Waals surface area (Å²) in [6.45, 7) is 7.76. The van der Waals surface area contributed by atoms with E-state index in [4.69, 9.17) is 5.73 Å². The molecule has 1 aromatic rings. The molecule has 1 aromatic carbocycles. The zero-order chi connectivity index (χ0) is 13.3. The van der Waals surface area contributed by atoms with Crippen LogP contribution in [0, 0.1) is 0 Å². The first-order valence-electron chi connectivity index (χ1n) is 6.44. The van der Waals surface area contributed by atoms with Gasteiger partial charge in [0, 0.05) is 39.8 Å². The van der Waals surface area contributed by atoms with Crippen LogP contribution in [0.2, 0.25) is 0 Å². The Balaban J connectivity index is 2.26. The Kier molecular flexibility index (Phi) is 4.62. The molecule has 0 saturated carbocycles. The summed E-state index contributed by atoms with van der Waals surface area (Å²) in [6, 6.07) is 7.20. The van der Waals surface area contributed by atoms with Crippen molar-refractivity contribution in [2.24, 2.45) is 5.73 Å². The summed E-state index contributed by atoms with van der Waals surface area (Å²) in [4.78, 5) is 2.50. The Bertz CT molecular complexity index is 422. The molecule has 1 heterocycles. The van der Waals surface area contributed by atoms with Crippen molar-refractivity contribution >= 4 is 33.4 Å². The lowest BCUT2D eigenvalue weighted by Gasteiger charge is -2.39. The van der Waals surface area contributed by atoms with Gasteiger partial charge in [0.15, 0.2) is 0 Å². The van der Waals surface area contributed by atoms with E-state index in [1.807, 2.05) is 6.92 Å². The number of hydrogen-bond acceptors (Lipinski definition) is 3. The molecule has 2 nitrogen and oxygen atoms in total. The van der Waals surface area contributed by atoms with Crippen LogP contribution >= 0.6 is 27.7 Å². The lowest BCUT2D eigenvalue weighted by Crippen LogP contribution is -2.44. The van der Waals surface area contributed by atoms with Gasteiger partial charge in [0.2, 0.25) is 0 Å². The molecule has 1 aliphatic heterocycles. The maximum atomic E-state index is 5.95. The summed E-state index contributed by atoms with van der Waals surface area (Å²) in [5.41, 5.74) is 8.41. The second-order valence-electron chi connectivity index (χ2n) is 5.00. The molecule has 1 fully saturated rings. The SMILES string of the molecule is CC(N)c1ccc(N2CCSC(C)C2C)cc1Br. The van der Waals surface area contributed by atoms with Crippen molar-refractivity contribution in [1.29, 1.82) is 0 Å². The van der Waals surface area contributed by atoms with Gasteiger partial charge in [0.1, 0.15) is 0 Å². The van der Waals surface area contributed by atoms with E-state index in [1.165, 1.54) is 17.0 Å². The molecule has 4 heteroatoms. The maximum absolute atomic E-state index is 5.95. The maximum Gasteiger partial charge on any atom is 0.0380 e. The zero-order valence-corrected chi connectivity index (χ0v) is 13.6. The predicted octanol–water partition coefficient (Wildman–Crippen LogP) is 3.80. The highest BCUT2D eigenvalue weighted by Gasteiger charge is 2.25. The van der Waals surface area contributed by atoms with Crippen LogP contribution in [-0.2, 0) is 0 Å². The molecule has 0 aliphatic carbocycles. The van der Waals surface area contributed by atoms with E-state index >= 15 is 0 Å². The molecule has 18 heavy (non-hydrogen) atoms. The van der Waals surface area contributed by atoms with Crippen molar-refractivity contribution in [3.05, 3.63) is 28.2 Å². The lowest BCUT2D eigenvalue weighted by atomic mass is 10.1. The van der Waals surface area contributed by atoms with E-state index in [0.29, 0.717) is 11.3 Å². The predicted molar refractivity (Wildman–Crippen MR) is 85.5 cm³/mol. The minimum Gasteiger partial charge on any atom is -0.367 e. The molecule has 0 aromatic heterocycles. The van der Waals surface area contributed by atoms with Gasteiger partial charge < -0.3 is 10.6 Å². The van der Waals surface area contributed by atoms with E-state index in [9.17, 15) is 0 Å². The number of nitrogens with zero attached hydrogens (tertiary/aromatic N) is 1. The average Bonchev–Trinajstić information content (AvgIpc) is 2.32. The molecule has 2 rings (SSSR count). The van der Waals surface area contributed by atoms with Gasteiger partial charge in [-0.25, -0.2) is 0 Å². The van der Waals surface area contributed by atoms with Gasteiger partial charge >= 0.3 is 0 Å². The van der Waals surface area contributed by atoms with E-state index in [2.05, 4.69) is 64.6 Å². The van der Waals surface area contributed by atoms with Crippen molar-refractivity contribution < 1.29 is 0 Å². The number of anilines is 1. The Hall–Kier alpha value is -0.190. The molecule has 2 N–H and O–H groups in total. The highest BCUT2D eigenvalue weighted by Crippen LogP contribution is 2.32. The van der Waals surface area contributed by atoms with Gasteiger partial charge in [0.25, 0.3) is 0 Å². The van der Waals surface area contributed by atoms with Crippen LogP contribution in [0.1, 0.15) is 32.4 Å². The van der Waals surface area contributed by atoms with Crippen molar-refractivity contribution in [3.8, 4) is 0 Å². The van der Waals surface area contributed by atoms with Gasteiger partial charge in [-0.1, -0.05) is 28.9 Å². The van der Waals surface area contributed by atoms with Gasteiger partial charge in [-0.05, 0) is 31.5 Å². The zero-order valence-electron chi connectivity index (χ0n) is 11.2. The number of hydrogen-bond donors (Lipinski definition) is 1. The minimum absolute atomic E-state index is 0.0710. The number of nitrogens with two attached hydrogens (primary N) is 1. The molecule has 1 aliphatic rings. The Labute approximate surface area is 122 Å². The topological polar surface area (TPSA) is 29.3 Å². The molecular weight excluding hydrogens is 308 g/mol. The van der Waals surface area contributed by atoms with Crippen molar-refractivity contribution in [1.82, 2.24) is 0 Å². The van der Waals surface area contributed by atoms with Crippen LogP contribution in [0.4, 0.5) is 5.69 Å². The largest absolute Gasteiger partial charge is 0.367 e. The Morgan fingerprint density at radius 3 is 2.78 bits per heavy atom. The van der Waals surface area contributed by atoms with Crippen LogP contribution in [0.25, 0.3) is 0 Å². The van der Waals surface area contributed by atoms with Crippen LogP contribution in [0.5, 0.6) is 0 Å². The standard InChI is InChI=1S/C14H21BrN2S/c1-9(16)13-5-4-12(8-14(13)15)17-6-7-18-11(3)10(17)2/h4-5,8-11H,6-7,16H2,1-3H3. The summed E-state index contributed by atoms with van der Waals surface area (Å²) in [5, 5.41) is 0.686. The summed E-state index contributed by atoms with van der Waals surface area (Å²) >= 11 is 5.70. The highest BCUT2D eigenvalue weighted by molar-refractivity contribution is 9.10. The third-order valence-electron chi connectivity index (χ3n) is 3.69. The van der Waals surface area contributed by atoms with Gasteiger partial charge in [-0.15, -0.1) is 0 Å². The van der Waals surface area contributed by atoms with Gasteiger partial charge in [-0.3, -0.25) is 0 Å². The molecule has 3 unspecified atom stereocenters. The minimum atomic E-state index is 0.0710. The van der Waals surface area contributed by atoms with Crippen LogP contribution < -0.4 is 10.6 Å². The molecule has 0 bridgehead atoms. The number of benzene rings is 1. The number of thioether (sulfide) groups is 1. The smallest absolute Gasteiger partial charge is 0.0380 e. The van der Waals surface area contributed by atoms with Crippen molar-refractivity contribution in [3.63, 3.8) is 0 Å². The molecule has 0 spiro atoms. The van der Waals surface area contributed by atoms with E-state index < -0.39 is 0 Å². The molecule has 3 atom stereocenters. The summed E-state index contributed by atoms with van der Waals surface area (Å²) < 4.78 is 1.12. The molecule has 100 valence electrons. The summed E-state index contributed by atoms with van der Waals surface area (Å²) in [6.07, 6.45) is 0. The van der Waals surface area contributed by atoms with E-state index in [1.54, 1.807) is 0 Å². The molecule has 1 saturated heterocycles. The first-order chi connectivity index (χ1) is 8.50. The van der Waals surface area contributed by atoms with Crippen molar-refractivity contribution in [2.75, 3.05) is 17.2 Å². The fourth-order valence-electron chi connectivity index (χ4n) is 2.36. The summed E-state index contributed by atoms with van der Waals surface area (Å²) in [7, 11) is 0. The Morgan fingerprint density at radius 2 is 2.17 bits per heavy atom. The van der Waals surface area contributed by atoms with Gasteiger partial charge in [0.05, 0.1) is 0 Å². The molecule has 0 amide bonds. The van der Waals surface area contributed by atoms with Crippen LogP contribution in [-0.4, -0.2) is 23.6 Å². The van der Waals surface area contributed by atoms with E-state index in [0.717, 1.165) is 11.0 Å².